The zero-order valence-corrected chi connectivity index (χ0v) is 11.3. The van der Waals surface area contributed by atoms with Crippen molar-refractivity contribution in [2.75, 3.05) is 0 Å². The number of carbonyl (C=O) groups is 1. The van der Waals surface area contributed by atoms with E-state index in [0.717, 1.165) is 12.8 Å². The molecule has 0 amide bonds. The van der Waals surface area contributed by atoms with Crippen LogP contribution in [0.4, 0.5) is 0 Å². The van der Waals surface area contributed by atoms with Gasteiger partial charge in [-0.15, -0.1) is 11.3 Å². The predicted molar refractivity (Wildman–Crippen MR) is 68.8 cm³/mol. The molecule has 0 saturated heterocycles. The lowest BCUT2D eigenvalue weighted by atomic mass is 10.2. The van der Waals surface area contributed by atoms with Gasteiger partial charge in [-0.2, -0.15) is 0 Å². The number of hydrogen-bond donors (Lipinski definition) is 1. The zero-order valence-electron chi connectivity index (χ0n) is 8.94. The van der Waals surface area contributed by atoms with Gasteiger partial charge in [0.25, 0.3) is 0 Å². The lowest BCUT2D eigenvalue weighted by Gasteiger charge is -1.90. The number of hydrogen-bond acceptors (Lipinski definition) is 4. The molecule has 0 radical (unpaired) electrons. The first kappa shape index (κ1) is 12.0. The van der Waals surface area contributed by atoms with Crippen molar-refractivity contribution in [3.8, 4) is 11.5 Å². The van der Waals surface area contributed by atoms with Crippen molar-refractivity contribution in [1.82, 2.24) is 4.98 Å². The SMILES string of the molecule is O=C(O)c1oc(-c2cc(Cl)sc2Cl)nc1C1CC1. The Kier molecular flexibility index (Phi) is 2.84. The molecule has 3 rings (SSSR count). The highest BCUT2D eigenvalue weighted by Gasteiger charge is 2.34. The molecular weight excluding hydrogens is 297 g/mol. The summed E-state index contributed by atoms with van der Waals surface area (Å²) in [5, 5.41) is 9.09. The number of halogens is 2. The van der Waals surface area contributed by atoms with Gasteiger partial charge < -0.3 is 9.52 Å². The average molecular weight is 304 g/mol. The minimum Gasteiger partial charge on any atom is -0.475 e. The highest BCUT2D eigenvalue weighted by Crippen LogP contribution is 2.44. The molecule has 1 fully saturated rings. The summed E-state index contributed by atoms with van der Waals surface area (Å²) in [6.07, 6.45) is 1.90. The second-order valence-electron chi connectivity index (χ2n) is 4.05. The van der Waals surface area contributed by atoms with E-state index >= 15 is 0 Å². The van der Waals surface area contributed by atoms with Crippen LogP contribution in [0.5, 0.6) is 0 Å². The monoisotopic (exact) mass is 303 g/mol. The maximum absolute atomic E-state index is 11.1. The molecule has 0 aliphatic heterocycles. The standard InChI is InChI=1S/C11H7Cl2NO3S/c12-6-3-5(9(13)18-6)10-14-7(4-1-2-4)8(17-10)11(15)16/h3-4H,1-2H2,(H,15,16). The van der Waals surface area contributed by atoms with E-state index in [0.29, 0.717) is 19.9 Å². The molecule has 1 saturated carbocycles. The van der Waals surface area contributed by atoms with E-state index in [9.17, 15) is 4.79 Å². The van der Waals surface area contributed by atoms with E-state index in [4.69, 9.17) is 32.7 Å². The Labute approximate surface area is 116 Å². The Bertz CT molecular complexity index is 630. The molecule has 1 aliphatic carbocycles. The van der Waals surface area contributed by atoms with Crippen LogP contribution in [0.3, 0.4) is 0 Å². The van der Waals surface area contributed by atoms with Gasteiger partial charge in [0.1, 0.15) is 4.34 Å². The average Bonchev–Trinajstić information content (AvgIpc) is 2.95. The summed E-state index contributed by atoms with van der Waals surface area (Å²) in [5.74, 6) is -0.775. The molecule has 0 unspecified atom stereocenters. The molecule has 18 heavy (non-hydrogen) atoms. The van der Waals surface area contributed by atoms with E-state index in [2.05, 4.69) is 4.98 Å². The van der Waals surface area contributed by atoms with Crippen LogP contribution in [-0.2, 0) is 0 Å². The largest absolute Gasteiger partial charge is 0.475 e. The Morgan fingerprint density at radius 1 is 1.50 bits per heavy atom. The van der Waals surface area contributed by atoms with Crippen molar-refractivity contribution >= 4 is 40.5 Å². The predicted octanol–water partition coefficient (Wildman–Crippen LogP) is 4.29. The van der Waals surface area contributed by atoms with E-state index in [1.165, 1.54) is 11.3 Å². The molecule has 0 atom stereocenters. The van der Waals surface area contributed by atoms with Gasteiger partial charge >= 0.3 is 5.97 Å². The minimum atomic E-state index is -1.10. The maximum atomic E-state index is 11.1. The normalized spacial score (nSPS) is 15.0. The molecule has 0 spiro atoms. The van der Waals surface area contributed by atoms with Gasteiger partial charge in [0.2, 0.25) is 11.7 Å². The Morgan fingerprint density at radius 2 is 2.22 bits per heavy atom. The third kappa shape index (κ3) is 2.02. The van der Waals surface area contributed by atoms with E-state index < -0.39 is 5.97 Å². The smallest absolute Gasteiger partial charge is 0.373 e. The number of carboxylic acids is 1. The maximum Gasteiger partial charge on any atom is 0.373 e. The van der Waals surface area contributed by atoms with Crippen molar-refractivity contribution in [3.63, 3.8) is 0 Å². The van der Waals surface area contributed by atoms with Crippen LogP contribution >= 0.6 is 34.5 Å². The molecule has 2 aromatic rings. The van der Waals surface area contributed by atoms with Crippen molar-refractivity contribution in [2.24, 2.45) is 0 Å². The Balaban J connectivity index is 2.10. The quantitative estimate of drug-likeness (QED) is 0.919. The minimum absolute atomic E-state index is 0.0918. The molecule has 0 aromatic carbocycles. The third-order valence-electron chi connectivity index (χ3n) is 2.70. The summed E-state index contributed by atoms with van der Waals surface area (Å²) in [7, 11) is 0. The highest BCUT2D eigenvalue weighted by atomic mass is 35.5. The van der Waals surface area contributed by atoms with Crippen LogP contribution in [0.2, 0.25) is 8.67 Å². The molecule has 7 heteroatoms. The lowest BCUT2D eigenvalue weighted by Crippen LogP contribution is -1.98. The van der Waals surface area contributed by atoms with Gasteiger partial charge in [-0.05, 0) is 18.9 Å². The van der Waals surface area contributed by atoms with Gasteiger partial charge in [-0.1, -0.05) is 23.2 Å². The molecule has 0 bridgehead atoms. The van der Waals surface area contributed by atoms with Gasteiger partial charge in [-0.3, -0.25) is 0 Å². The van der Waals surface area contributed by atoms with Crippen LogP contribution in [0, 0.1) is 0 Å². The number of rotatable bonds is 3. The summed E-state index contributed by atoms with van der Waals surface area (Å²) in [6.45, 7) is 0. The van der Waals surface area contributed by atoms with Gasteiger partial charge in [0.05, 0.1) is 15.6 Å². The fourth-order valence-electron chi connectivity index (χ4n) is 1.72. The second kappa shape index (κ2) is 4.26. The number of carboxylic acid groups (broad SMARTS) is 1. The van der Waals surface area contributed by atoms with Gasteiger partial charge in [0, 0.05) is 5.92 Å². The molecule has 94 valence electrons. The molecule has 4 nitrogen and oxygen atoms in total. The highest BCUT2D eigenvalue weighted by molar-refractivity contribution is 7.20. The summed E-state index contributed by atoms with van der Waals surface area (Å²) < 4.78 is 6.27. The molecule has 1 N–H and O–H groups in total. The van der Waals surface area contributed by atoms with Crippen molar-refractivity contribution in [2.45, 2.75) is 18.8 Å². The summed E-state index contributed by atoms with van der Waals surface area (Å²) >= 11 is 13.0. The van der Waals surface area contributed by atoms with Crippen LogP contribution in [0.25, 0.3) is 11.5 Å². The molecule has 2 aromatic heterocycles. The van der Waals surface area contributed by atoms with Crippen LogP contribution in [0.15, 0.2) is 10.5 Å². The lowest BCUT2D eigenvalue weighted by molar-refractivity contribution is 0.0661. The number of thiophene rings is 1. The van der Waals surface area contributed by atoms with E-state index in [-0.39, 0.29) is 17.6 Å². The number of oxazole rings is 1. The topological polar surface area (TPSA) is 63.3 Å². The number of aromatic nitrogens is 1. The summed E-state index contributed by atoms with van der Waals surface area (Å²) in [5.41, 5.74) is 1.05. The Hall–Kier alpha value is -1.04. The summed E-state index contributed by atoms with van der Waals surface area (Å²) in [6, 6.07) is 1.63. The number of aromatic carboxylic acids is 1. The van der Waals surface area contributed by atoms with Crippen LogP contribution in [0.1, 0.15) is 35.0 Å². The van der Waals surface area contributed by atoms with Gasteiger partial charge in [-0.25, -0.2) is 9.78 Å². The van der Waals surface area contributed by atoms with Gasteiger partial charge in [0.15, 0.2) is 0 Å². The van der Waals surface area contributed by atoms with Crippen LogP contribution < -0.4 is 0 Å². The van der Waals surface area contributed by atoms with Crippen LogP contribution in [-0.4, -0.2) is 16.1 Å². The molecular formula is C11H7Cl2NO3S. The number of nitrogens with zero attached hydrogens (tertiary/aromatic N) is 1. The van der Waals surface area contributed by atoms with E-state index in [1.807, 2.05) is 0 Å². The second-order valence-corrected chi connectivity index (χ2v) is 6.34. The fraction of sp³-hybridized carbons (Fsp3) is 0.273. The first-order valence-corrected chi connectivity index (χ1v) is 6.82. The zero-order chi connectivity index (χ0) is 12.9. The summed E-state index contributed by atoms with van der Waals surface area (Å²) in [4.78, 5) is 15.4. The van der Waals surface area contributed by atoms with Crippen molar-refractivity contribution < 1.29 is 14.3 Å². The molecule has 2 heterocycles. The Morgan fingerprint density at radius 3 is 2.72 bits per heavy atom. The first-order valence-electron chi connectivity index (χ1n) is 5.25. The fourth-order valence-corrected chi connectivity index (χ4v) is 3.17. The third-order valence-corrected chi connectivity index (χ3v) is 4.19. The van der Waals surface area contributed by atoms with E-state index in [1.54, 1.807) is 6.07 Å². The van der Waals surface area contributed by atoms with Crippen molar-refractivity contribution in [3.05, 3.63) is 26.2 Å². The molecule has 1 aliphatic rings. The van der Waals surface area contributed by atoms with Crippen molar-refractivity contribution in [1.29, 1.82) is 0 Å². The first-order chi connectivity index (χ1) is 8.56.